The van der Waals surface area contributed by atoms with Gasteiger partial charge in [0.1, 0.15) is 17.8 Å². The Kier molecular flexibility index (Phi) is 6.18. The summed E-state index contributed by atoms with van der Waals surface area (Å²) in [7, 11) is 0. The number of alkyl halides is 3. The Morgan fingerprint density at radius 3 is 2.52 bits per heavy atom. The number of rotatable bonds is 4. The zero-order valence-electron chi connectivity index (χ0n) is 18.2. The maximum atomic E-state index is 14.1. The number of hydrogen-bond donors (Lipinski definition) is 1. The van der Waals surface area contributed by atoms with E-state index >= 15 is 0 Å². The normalized spacial score (nSPS) is 15.3. The lowest BCUT2D eigenvalue weighted by molar-refractivity contribution is -0.138. The van der Waals surface area contributed by atoms with Crippen molar-refractivity contribution in [3.05, 3.63) is 53.9 Å². The quantitative estimate of drug-likeness (QED) is 0.552. The van der Waals surface area contributed by atoms with Gasteiger partial charge < -0.3 is 4.90 Å². The number of hydrogen-bond acceptors (Lipinski definition) is 4. The molecule has 1 saturated heterocycles. The highest BCUT2D eigenvalue weighted by atomic mass is 19.4. The van der Waals surface area contributed by atoms with Crippen molar-refractivity contribution < 1.29 is 22.4 Å². The fraction of sp³-hybridized carbons (Fsp3) is 0.391. The lowest BCUT2D eigenvalue weighted by atomic mass is 9.88. The highest BCUT2D eigenvalue weighted by molar-refractivity contribution is 5.82. The highest BCUT2D eigenvalue weighted by Gasteiger charge is 2.33. The average molecular weight is 461 g/mol. The van der Waals surface area contributed by atoms with Gasteiger partial charge in [-0.2, -0.15) is 18.3 Å². The third-order valence-electron chi connectivity index (χ3n) is 5.84. The van der Waals surface area contributed by atoms with Crippen LogP contribution < -0.4 is 0 Å². The smallest absolute Gasteiger partial charge is 0.342 e. The molecule has 0 saturated carbocycles. The van der Waals surface area contributed by atoms with Crippen molar-refractivity contribution in [1.29, 1.82) is 0 Å². The van der Waals surface area contributed by atoms with Crippen LogP contribution in [-0.2, 0) is 11.0 Å². The third kappa shape index (κ3) is 4.74. The van der Waals surface area contributed by atoms with Crippen LogP contribution in [0.3, 0.4) is 0 Å². The molecule has 1 aliphatic rings. The van der Waals surface area contributed by atoms with Gasteiger partial charge in [-0.3, -0.25) is 9.89 Å². The first-order valence-electron chi connectivity index (χ1n) is 10.7. The number of piperidine rings is 1. The summed E-state index contributed by atoms with van der Waals surface area (Å²) >= 11 is 0. The number of halogens is 4. The molecule has 1 amide bonds. The van der Waals surface area contributed by atoms with Gasteiger partial charge in [0.15, 0.2) is 0 Å². The molecule has 0 bridgehead atoms. The molecule has 0 spiro atoms. The number of carbonyl (C=O) groups excluding carboxylic acids is 1. The van der Waals surface area contributed by atoms with Gasteiger partial charge in [0.25, 0.3) is 0 Å². The summed E-state index contributed by atoms with van der Waals surface area (Å²) in [6.07, 6.45) is -0.503. The van der Waals surface area contributed by atoms with E-state index in [4.69, 9.17) is 0 Å². The van der Waals surface area contributed by atoms with E-state index in [2.05, 4.69) is 20.2 Å². The molecular weight excluding hydrogens is 438 g/mol. The monoisotopic (exact) mass is 461 g/mol. The molecule has 10 heteroatoms. The second kappa shape index (κ2) is 8.92. The molecular formula is C23H23F4N5O. The van der Waals surface area contributed by atoms with E-state index in [1.807, 2.05) is 18.7 Å². The van der Waals surface area contributed by atoms with Crippen LogP contribution in [0.5, 0.6) is 0 Å². The molecule has 0 atom stereocenters. The number of benzene rings is 1. The van der Waals surface area contributed by atoms with Crippen molar-refractivity contribution in [3.8, 4) is 22.5 Å². The van der Waals surface area contributed by atoms with Gasteiger partial charge in [0, 0.05) is 47.9 Å². The van der Waals surface area contributed by atoms with E-state index in [1.54, 1.807) is 6.07 Å². The Labute approximate surface area is 188 Å². The van der Waals surface area contributed by atoms with Crippen molar-refractivity contribution in [2.45, 2.75) is 38.8 Å². The van der Waals surface area contributed by atoms with Crippen LogP contribution in [0.15, 0.2) is 36.8 Å². The Bertz CT molecular complexity index is 1140. The van der Waals surface area contributed by atoms with Crippen molar-refractivity contribution in [1.82, 2.24) is 25.1 Å². The van der Waals surface area contributed by atoms with Crippen molar-refractivity contribution in [2.24, 2.45) is 5.92 Å². The van der Waals surface area contributed by atoms with Crippen LogP contribution in [0, 0.1) is 11.7 Å². The van der Waals surface area contributed by atoms with E-state index in [0.29, 0.717) is 48.9 Å². The first kappa shape index (κ1) is 22.9. The molecule has 33 heavy (non-hydrogen) atoms. The topological polar surface area (TPSA) is 74.8 Å². The fourth-order valence-corrected chi connectivity index (χ4v) is 4.20. The molecule has 1 aliphatic heterocycles. The number of carbonyl (C=O) groups is 1. The molecule has 1 N–H and O–H groups in total. The van der Waals surface area contributed by atoms with Crippen molar-refractivity contribution in [3.63, 3.8) is 0 Å². The lowest BCUT2D eigenvalue weighted by Crippen LogP contribution is -2.40. The van der Waals surface area contributed by atoms with E-state index in [1.165, 1.54) is 12.5 Å². The molecule has 6 nitrogen and oxygen atoms in total. The largest absolute Gasteiger partial charge is 0.416 e. The van der Waals surface area contributed by atoms with Crippen LogP contribution in [-0.4, -0.2) is 44.1 Å². The van der Waals surface area contributed by atoms with Gasteiger partial charge in [-0.1, -0.05) is 13.8 Å². The minimum Gasteiger partial charge on any atom is -0.342 e. The fourth-order valence-electron chi connectivity index (χ4n) is 4.20. The summed E-state index contributed by atoms with van der Waals surface area (Å²) in [6.45, 7) is 4.85. The van der Waals surface area contributed by atoms with E-state index in [0.717, 1.165) is 12.1 Å². The van der Waals surface area contributed by atoms with Crippen LogP contribution in [0.25, 0.3) is 22.5 Å². The van der Waals surface area contributed by atoms with Gasteiger partial charge >= 0.3 is 6.18 Å². The van der Waals surface area contributed by atoms with Gasteiger partial charge in [-0.05, 0) is 37.1 Å². The lowest BCUT2D eigenvalue weighted by Gasteiger charge is -2.33. The molecule has 3 heterocycles. The molecule has 0 aliphatic carbocycles. The zero-order chi connectivity index (χ0) is 23.8. The Morgan fingerprint density at radius 1 is 1.18 bits per heavy atom. The number of nitrogens with zero attached hydrogens (tertiary/aromatic N) is 4. The van der Waals surface area contributed by atoms with Gasteiger partial charge in [0.05, 0.1) is 11.3 Å². The van der Waals surface area contributed by atoms with E-state index in [-0.39, 0.29) is 29.0 Å². The summed E-state index contributed by atoms with van der Waals surface area (Å²) < 4.78 is 54.0. The molecule has 3 aromatic rings. The van der Waals surface area contributed by atoms with Gasteiger partial charge in [-0.25, -0.2) is 14.4 Å². The standard InChI is InChI=1S/C23H23F4N5O/c1-13(2)22(33)32-7-4-14(5-8-32)20-19(18-3-6-28-12-29-18)21(31-30-20)15-9-16(23(25,26)27)11-17(24)10-15/h3,6,9-14H,4-5,7-8H2,1-2H3,(H,30,31). The Hall–Kier alpha value is -3.30. The predicted molar refractivity (Wildman–Crippen MR) is 113 cm³/mol. The number of H-pyrrole nitrogens is 1. The minimum atomic E-state index is -4.69. The van der Waals surface area contributed by atoms with E-state index in [9.17, 15) is 22.4 Å². The van der Waals surface area contributed by atoms with Crippen LogP contribution in [0.1, 0.15) is 43.9 Å². The summed E-state index contributed by atoms with van der Waals surface area (Å²) in [6, 6.07) is 4.02. The van der Waals surface area contributed by atoms with Gasteiger partial charge in [-0.15, -0.1) is 0 Å². The molecule has 174 valence electrons. The summed E-state index contributed by atoms with van der Waals surface area (Å²) in [5.41, 5.74) is 0.807. The number of aromatic amines is 1. The number of likely N-dealkylation sites (tertiary alicyclic amines) is 1. The second-order valence-electron chi connectivity index (χ2n) is 8.44. The van der Waals surface area contributed by atoms with Crippen LogP contribution >= 0.6 is 0 Å². The number of amides is 1. The third-order valence-corrected chi connectivity index (χ3v) is 5.84. The second-order valence-corrected chi connectivity index (χ2v) is 8.44. The van der Waals surface area contributed by atoms with Crippen molar-refractivity contribution in [2.75, 3.05) is 13.1 Å². The Balaban J connectivity index is 1.75. The van der Waals surface area contributed by atoms with Crippen LogP contribution in [0.4, 0.5) is 17.6 Å². The molecule has 0 unspecified atom stereocenters. The summed E-state index contributed by atoms with van der Waals surface area (Å²) in [5.74, 6) is -1.01. The first-order chi connectivity index (χ1) is 15.6. The van der Waals surface area contributed by atoms with Crippen molar-refractivity contribution >= 4 is 5.91 Å². The summed E-state index contributed by atoms with van der Waals surface area (Å²) in [4.78, 5) is 22.3. The molecule has 2 aromatic heterocycles. The SMILES string of the molecule is CC(C)C(=O)N1CCC(c2[nH]nc(-c3cc(F)cc(C(F)(F)F)c3)c2-c2ccncn2)CC1. The molecule has 4 rings (SSSR count). The maximum Gasteiger partial charge on any atom is 0.416 e. The maximum absolute atomic E-state index is 14.1. The van der Waals surface area contributed by atoms with E-state index < -0.39 is 17.6 Å². The zero-order valence-corrected chi connectivity index (χ0v) is 18.2. The van der Waals surface area contributed by atoms with Crippen LogP contribution in [0.2, 0.25) is 0 Å². The highest BCUT2D eigenvalue weighted by Crippen LogP contribution is 2.40. The molecule has 0 radical (unpaired) electrons. The Morgan fingerprint density at radius 2 is 1.91 bits per heavy atom. The molecule has 1 fully saturated rings. The molecule has 1 aromatic carbocycles. The minimum absolute atomic E-state index is 0.00542. The number of aromatic nitrogens is 4. The average Bonchev–Trinajstić information content (AvgIpc) is 3.23. The van der Waals surface area contributed by atoms with Gasteiger partial charge in [0.2, 0.25) is 5.91 Å². The first-order valence-corrected chi connectivity index (χ1v) is 10.7. The summed E-state index contributed by atoms with van der Waals surface area (Å²) in [5, 5.41) is 7.25. The predicted octanol–water partition coefficient (Wildman–Crippen LogP) is 5.05. The number of nitrogens with one attached hydrogen (secondary N) is 1.